The van der Waals surface area contributed by atoms with E-state index in [2.05, 4.69) is 20.3 Å². The van der Waals surface area contributed by atoms with E-state index in [1.54, 1.807) is 0 Å². The van der Waals surface area contributed by atoms with Crippen molar-refractivity contribution < 1.29 is 19.5 Å². The van der Waals surface area contributed by atoms with Gasteiger partial charge in [0, 0.05) is 6.07 Å². The topological polar surface area (TPSA) is 131 Å². The molecule has 1 atom stereocenters. The Morgan fingerprint density at radius 2 is 2.24 bits per heavy atom. The highest BCUT2D eigenvalue weighted by Crippen LogP contribution is 2.29. The highest BCUT2D eigenvalue weighted by Gasteiger charge is 2.23. The minimum atomic E-state index is -1.01. The summed E-state index contributed by atoms with van der Waals surface area (Å²) < 4.78 is 4.52. The summed E-state index contributed by atoms with van der Waals surface area (Å²) in [7, 11) is 0. The van der Waals surface area contributed by atoms with Crippen LogP contribution in [0.3, 0.4) is 0 Å². The summed E-state index contributed by atoms with van der Waals surface area (Å²) >= 11 is 1.53. The van der Waals surface area contributed by atoms with Crippen LogP contribution < -0.4 is 5.32 Å². The van der Waals surface area contributed by atoms with Crippen molar-refractivity contribution in [1.82, 2.24) is 10.3 Å². The quantitative estimate of drug-likeness (QED) is 0.579. The summed E-state index contributed by atoms with van der Waals surface area (Å²) in [4.78, 5) is 21.5. The van der Waals surface area contributed by atoms with Gasteiger partial charge >= 0.3 is 11.7 Å². The van der Waals surface area contributed by atoms with E-state index in [4.69, 9.17) is 0 Å². The van der Waals surface area contributed by atoms with E-state index in [0.717, 1.165) is 0 Å². The summed E-state index contributed by atoms with van der Waals surface area (Å²) in [6.07, 6.45) is 2.28. The number of anilines is 1. The molecular weight excluding hydrogens is 300 g/mol. The second-order valence-electron chi connectivity index (χ2n) is 4.17. The van der Waals surface area contributed by atoms with Crippen molar-refractivity contribution in [1.29, 1.82) is 0 Å². The Balaban J connectivity index is 2.34. The van der Waals surface area contributed by atoms with Gasteiger partial charge in [-0.25, -0.2) is 9.42 Å². The summed E-state index contributed by atoms with van der Waals surface area (Å²) in [5.41, 5.74) is 0.219. The van der Waals surface area contributed by atoms with Crippen LogP contribution in [0.5, 0.6) is 0 Å². The van der Waals surface area contributed by atoms with Crippen molar-refractivity contribution >= 4 is 40.1 Å². The molecule has 1 heterocycles. The fourth-order valence-corrected chi connectivity index (χ4v) is 2.27. The number of nitro benzene ring substituents is 1. The summed E-state index contributed by atoms with van der Waals surface area (Å²) in [6.45, 7) is 0. The molecule has 0 spiro atoms. The summed E-state index contributed by atoms with van der Waals surface area (Å²) in [5, 5.41) is 30.0. The molecule has 2 aromatic rings. The number of non-ortho nitro benzene ring substituents is 1. The van der Waals surface area contributed by atoms with Gasteiger partial charge in [0.2, 0.25) is 5.52 Å². The van der Waals surface area contributed by atoms with Gasteiger partial charge in [-0.05, 0) is 34.8 Å². The zero-order valence-corrected chi connectivity index (χ0v) is 11.8. The van der Waals surface area contributed by atoms with Gasteiger partial charge in [0.25, 0.3) is 0 Å². The Kier molecular flexibility index (Phi) is 4.58. The van der Waals surface area contributed by atoms with E-state index >= 15 is 0 Å². The van der Waals surface area contributed by atoms with Crippen molar-refractivity contribution in [3.63, 3.8) is 0 Å². The Hall–Kier alpha value is -2.36. The first-order valence-electron chi connectivity index (χ1n) is 5.92. The third-order valence-corrected chi connectivity index (χ3v) is 3.47. The zero-order valence-electron chi connectivity index (χ0n) is 11.0. The molecule has 0 amide bonds. The normalized spacial score (nSPS) is 12.2. The lowest BCUT2D eigenvalue weighted by molar-refractivity contribution is -0.383. The molecule has 0 aliphatic heterocycles. The van der Waals surface area contributed by atoms with Crippen LogP contribution in [-0.2, 0) is 4.79 Å². The van der Waals surface area contributed by atoms with Crippen molar-refractivity contribution in [3.8, 4) is 0 Å². The Bertz CT molecular complexity index is 674. The van der Waals surface area contributed by atoms with Gasteiger partial charge in [-0.2, -0.15) is 11.8 Å². The van der Waals surface area contributed by atoms with Gasteiger partial charge < -0.3 is 10.4 Å². The minimum Gasteiger partial charge on any atom is -0.480 e. The number of aliphatic carboxylic acids is 1. The minimum absolute atomic E-state index is 0.0148. The molecule has 2 N–H and O–H groups in total. The average Bonchev–Trinajstić information content (AvgIpc) is 2.92. The van der Waals surface area contributed by atoms with Crippen LogP contribution in [0.2, 0.25) is 0 Å². The zero-order chi connectivity index (χ0) is 15.4. The van der Waals surface area contributed by atoms with Crippen molar-refractivity contribution in [2.75, 3.05) is 17.3 Å². The van der Waals surface area contributed by atoms with E-state index in [1.165, 1.54) is 23.9 Å². The number of carboxylic acids is 1. The molecule has 112 valence electrons. The Labute approximate surface area is 122 Å². The number of thioether (sulfide) groups is 1. The van der Waals surface area contributed by atoms with E-state index < -0.39 is 16.9 Å². The van der Waals surface area contributed by atoms with Crippen LogP contribution in [0.25, 0.3) is 11.0 Å². The first-order valence-corrected chi connectivity index (χ1v) is 7.32. The van der Waals surface area contributed by atoms with E-state index in [-0.39, 0.29) is 16.7 Å². The first kappa shape index (κ1) is 15.0. The molecule has 2 rings (SSSR count). The van der Waals surface area contributed by atoms with Gasteiger partial charge in [-0.3, -0.25) is 10.1 Å². The van der Waals surface area contributed by atoms with E-state index in [0.29, 0.717) is 17.9 Å². The number of benzene rings is 1. The number of rotatable bonds is 7. The van der Waals surface area contributed by atoms with E-state index in [9.17, 15) is 20.0 Å². The van der Waals surface area contributed by atoms with Crippen molar-refractivity contribution in [2.24, 2.45) is 0 Å². The first-order chi connectivity index (χ1) is 10.0. The number of nitro groups is 1. The molecule has 21 heavy (non-hydrogen) atoms. The maximum atomic E-state index is 11.2. The predicted octanol–water partition coefficient (Wildman–Crippen LogP) is 1.75. The molecule has 0 unspecified atom stereocenters. The van der Waals surface area contributed by atoms with Crippen LogP contribution in [0, 0.1) is 10.1 Å². The number of fused-ring (bicyclic) bond motifs is 1. The maximum absolute atomic E-state index is 11.2. The molecule has 0 aliphatic rings. The third kappa shape index (κ3) is 3.21. The van der Waals surface area contributed by atoms with Crippen LogP contribution in [0.4, 0.5) is 11.4 Å². The standard InChI is InChI=1S/C11H12N4O5S/c1-21-5-4-7(11(16)17)12-6-2-3-8(15(18)19)10-9(6)13-20-14-10/h2-3,7,12H,4-5H2,1H3,(H,16,17)/t7-/m1/s1. The van der Waals surface area contributed by atoms with Gasteiger partial charge in [-0.1, -0.05) is 0 Å². The predicted molar refractivity (Wildman–Crippen MR) is 76.5 cm³/mol. The van der Waals surface area contributed by atoms with Crippen LogP contribution in [0.1, 0.15) is 6.42 Å². The monoisotopic (exact) mass is 312 g/mol. The molecule has 1 aromatic heterocycles. The Morgan fingerprint density at radius 1 is 1.52 bits per heavy atom. The van der Waals surface area contributed by atoms with E-state index in [1.807, 2.05) is 6.26 Å². The molecular formula is C11H12N4O5S. The molecule has 0 radical (unpaired) electrons. The number of aromatic nitrogens is 2. The number of nitrogens with one attached hydrogen (secondary N) is 1. The smallest absolute Gasteiger partial charge is 0.326 e. The summed E-state index contributed by atoms with van der Waals surface area (Å²) in [6, 6.07) is 1.82. The van der Waals surface area contributed by atoms with Crippen LogP contribution in [0.15, 0.2) is 16.8 Å². The average molecular weight is 312 g/mol. The lowest BCUT2D eigenvalue weighted by Gasteiger charge is -2.15. The van der Waals surface area contributed by atoms with Crippen molar-refractivity contribution in [3.05, 3.63) is 22.2 Å². The Morgan fingerprint density at radius 3 is 2.86 bits per heavy atom. The van der Waals surface area contributed by atoms with Crippen LogP contribution in [-0.4, -0.2) is 44.4 Å². The number of carboxylic acid groups (broad SMARTS) is 1. The van der Waals surface area contributed by atoms with Crippen LogP contribution >= 0.6 is 11.8 Å². The van der Waals surface area contributed by atoms with Gasteiger partial charge in [0.05, 0.1) is 10.6 Å². The molecule has 0 saturated heterocycles. The molecule has 0 saturated carbocycles. The van der Waals surface area contributed by atoms with Gasteiger partial charge in [0.15, 0.2) is 5.52 Å². The summed E-state index contributed by atoms with van der Waals surface area (Å²) in [5.74, 6) is -0.344. The van der Waals surface area contributed by atoms with Crippen molar-refractivity contribution in [2.45, 2.75) is 12.5 Å². The number of nitrogens with zero attached hydrogens (tertiary/aromatic N) is 3. The molecule has 10 heteroatoms. The molecule has 0 fully saturated rings. The van der Waals surface area contributed by atoms with Gasteiger partial charge in [-0.15, -0.1) is 0 Å². The fourth-order valence-electron chi connectivity index (χ4n) is 1.80. The second-order valence-corrected chi connectivity index (χ2v) is 5.15. The SMILES string of the molecule is CSCC[C@@H](Nc1ccc([N+](=O)[O-])c2nonc12)C(=O)O. The maximum Gasteiger partial charge on any atom is 0.326 e. The van der Waals surface area contributed by atoms with Gasteiger partial charge in [0.1, 0.15) is 6.04 Å². The highest BCUT2D eigenvalue weighted by atomic mass is 32.2. The molecule has 0 bridgehead atoms. The number of hydrogen-bond acceptors (Lipinski definition) is 8. The number of hydrogen-bond donors (Lipinski definition) is 2. The fraction of sp³-hybridized carbons (Fsp3) is 0.364. The lowest BCUT2D eigenvalue weighted by atomic mass is 10.2. The second kappa shape index (κ2) is 6.39. The molecule has 9 nitrogen and oxygen atoms in total. The largest absolute Gasteiger partial charge is 0.480 e. The molecule has 1 aromatic carbocycles. The molecule has 0 aliphatic carbocycles. The highest BCUT2D eigenvalue weighted by molar-refractivity contribution is 7.98. The lowest BCUT2D eigenvalue weighted by Crippen LogP contribution is -2.30. The number of carbonyl (C=O) groups is 1. The third-order valence-electron chi connectivity index (χ3n) is 2.83.